The standard InChI is InChI=1S/C16H24N6OS/c1-12-18-15(20-19-12)13-3-2-4-21(10-13)11-14-9-17-16(24-14)22-5-7-23-8-6-22/h9,13H,2-8,10-11H2,1H3,(H,18,19,20)/t13-/m0/s1. The van der Waals surface area contributed by atoms with Crippen LogP contribution in [0.3, 0.4) is 0 Å². The van der Waals surface area contributed by atoms with E-state index in [0.29, 0.717) is 5.92 Å². The first-order chi connectivity index (χ1) is 11.8. The number of morpholine rings is 1. The zero-order valence-corrected chi connectivity index (χ0v) is 14.9. The number of rotatable bonds is 4. The topological polar surface area (TPSA) is 70.2 Å². The van der Waals surface area contributed by atoms with Crippen LogP contribution in [0.25, 0.3) is 0 Å². The average Bonchev–Trinajstić information content (AvgIpc) is 3.25. The molecule has 0 radical (unpaired) electrons. The third kappa shape index (κ3) is 3.60. The summed E-state index contributed by atoms with van der Waals surface area (Å²) in [6.45, 7) is 8.61. The summed E-state index contributed by atoms with van der Waals surface area (Å²) in [5, 5.41) is 8.45. The van der Waals surface area contributed by atoms with Crippen molar-refractivity contribution >= 4 is 16.5 Å². The summed E-state index contributed by atoms with van der Waals surface area (Å²) in [6.07, 6.45) is 4.42. The van der Waals surface area contributed by atoms with Crippen molar-refractivity contribution < 1.29 is 4.74 Å². The van der Waals surface area contributed by atoms with E-state index in [1.807, 2.05) is 24.5 Å². The fraction of sp³-hybridized carbons (Fsp3) is 0.688. The van der Waals surface area contributed by atoms with Crippen LogP contribution >= 0.6 is 11.3 Å². The molecule has 7 nitrogen and oxygen atoms in total. The number of H-pyrrole nitrogens is 1. The molecular formula is C16H24N6OS. The van der Waals surface area contributed by atoms with E-state index in [9.17, 15) is 0 Å². The highest BCUT2D eigenvalue weighted by atomic mass is 32.1. The number of aromatic amines is 1. The minimum Gasteiger partial charge on any atom is -0.378 e. The number of ether oxygens (including phenoxy) is 1. The lowest BCUT2D eigenvalue weighted by Gasteiger charge is -2.30. The molecule has 4 heterocycles. The molecule has 2 aromatic heterocycles. The smallest absolute Gasteiger partial charge is 0.185 e. The molecule has 0 amide bonds. The SMILES string of the molecule is Cc1nc([C@H]2CCCN(Cc3cnc(N4CCOCC4)s3)C2)n[nH]1. The van der Waals surface area contributed by atoms with Crippen LogP contribution in [0.1, 0.15) is 35.3 Å². The first-order valence-corrected chi connectivity index (χ1v) is 9.48. The zero-order chi connectivity index (χ0) is 16.4. The van der Waals surface area contributed by atoms with Gasteiger partial charge in [0, 0.05) is 43.2 Å². The van der Waals surface area contributed by atoms with Crippen molar-refractivity contribution in [3.8, 4) is 0 Å². The lowest BCUT2D eigenvalue weighted by atomic mass is 9.97. The fourth-order valence-electron chi connectivity index (χ4n) is 3.44. The van der Waals surface area contributed by atoms with Gasteiger partial charge in [0.15, 0.2) is 11.0 Å². The van der Waals surface area contributed by atoms with Crippen LogP contribution in [0.4, 0.5) is 5.13 Å². The zero-order valence-electron chi connectivity index (χ0n) is 14.1. The predicted octanol–water partition coefficient (Wildman–Crippen LogP) is 1.79. The van der Waals surface area contributed by atoms with Gasteiger partial charge in [0.2, 0.25) is 0 Å². The molecule has 2 aromatic rings. The van der Waals surface area contributed by atoms with E-state index in [0.717, 1.165) is 62.7 Å². The van der Waals surface area contributed by atoms with Gasteiger partial charge in [0.05, 0.1) is 13.2 Å². The van der Waals surface area contributed by atoms with Gasteiger partial charge in [-0.25, -0.2) is 9.97 Å². The van der Waals surface area contributed by atoms with Gasteiger partial charge in [0.25, 0.3) is 0 Å². The molecule has 8 heteroatoms. The molecule has 0 saturated carbocycles. The van der Waals surface area contributed by atoms with Gasteiger partial charge in [-0.2, -0.15) is 5.10 Å². The Morgan fingerprint density at radius 2 is 2.21 bits per heavy atom. The van der Waals surface area contributed by atoms with E-state index in [1.165, 1.54) is 17.7 Å². The number of thiazole rings is 1. The van der Waals surface area contributed by atoms with Gasteiger partial charge in [-0.15, -0.1) is 11.3 Å². The second-order valence-corrected chi connectivity index (χ2v) is 7.66. The molecule has 0 bridgehead atoms. The Balaban J connectivity index is 1.37. The number of likely N-dealkylation sites (tertiary alicyclic amines) is 1. The quantitative estimate of drug-likeness (QED) is 0.908. The third-order valence-electron chi connectivity index (χ3n) is 4.69. The second-order valence-electron chi connectivity index (χ2n) is 6.56. The summed E-state index contributed by atoms with van der Waals surface area (Å²) in [5.41, 5.74) is 0. The van der Waals surface area contributed by atoms with Crippen LogP contribution < -0.4 is 4.90 Å². The van der Waals surface area contributed by atoms with Crippen LogP contribution in [-0.2, 0) is 11.3 Å². The lowest BCUT2D eigenvalue weighted by Crippen LogP contribution is -2.36. The molecule has 4 rings (SSSR count). The molecular weight excluding hydrogens is 324 g/mol. The van der Waals surface area contributed by atoms with Gasteiger partial charge in [0.1, 0.15) is 5.82 Å². The minimum absolute atomic E-state index is 0.440. The highest BCUT2D eigenvalue weighted by Crippen LogP contribution is 2.28. The highest BCUT2D eigenvalue weighted by Gasteiger charge is 2.25. The number of hydrogen-bond acceptors (Lipinski definition) is 7. The van der Waals surface area contributed by atoms with Crippen LogP contribution in [0, 0.1) is 6.92 Å². The molecule has 130 valence electrons. The molecule has 2 aliphatic rings. The number of nitrogens with one attached hydrogen (secondary N) is 1. The molecule has 0 spiro atoms. The number of anilines is 1. The van der Waals surface area contributed by atoms with Crippen molar-refractivity contribution in [2.75, 3.05) is 44.3 Å². The number of hydrogen-bond donors (Lipinski definition) is 1. The largest absolute Gasteiger partial charge is 0.378 e. The Morgan fingerprint density at radius 3 is 3.00 bits per heavy atom. The van der Waals surface area contributed by atoms with Crippen LogP contribution in [0.15, 0.2) is 6.20 Å². The van der Waals surface area contributed by atoms with Crippen molar-refractivity contribution in [3.05, 3.63) is 22.7 Å². The molecule has 24 heavy (non-hydrogen) atoms. The number of nitrogens with zero attached hydrogens (tertiary/aromatic N) is 5. The third-order valence-corrected chi connectivity index (χ3v) is 5.73. The molecule has 2 aliphatic heterocycles. The summed E-state index contributed by atoms with van der Waals surface area (Å²) in [7, 11) is 0. The van der Waals surface area contributed by atoms with E-state index in [-0.39, 0.29) is 0 Å². The Morgan fingerprint density at radius 1 is 1.33 bits per heavy atom. The van der Waals surface area contributed by atoms with Gasteiger partial charge in [-0.05, 0) is 26.3 Å². The summed E-state index contributed by atoms with van der Waals surface area (Å²) in [4.78, 5) is 15.3. The maximum absolute atomic E-state index is 5.42. The fourth-order valence-corrected chi connectivity index (χ4v) is 4.45. The second kappa shape index (κ2) is 7.16. The van der Waals surface area contributed by atoms with Gasteiger partial charge in [-0.3, -0.25) is 10.00 Å². The Hall–Kier alpha value is -1.51. The number of aryl methyl sites for hydroxylation is 1. The minimum atomic E-state index is 0.440. The van der Waals surface area contributed by atoms with E-state index in [4.69, 9.17) is 4.74 Å². The highest BCUT2D eigenvalue weighted by molar-refractivity contribution is 7.15. The maximum Gasteiger partial charge on any atom is 0.185 e. The summed E-state index contributed by atoms with van der Waals surface area (Å²) in [6, 6.07) is 0. The molecule has 0 aromatic carbocycles. The number of aromatic nitrogens is 4. The van der Waals surface area contributed by atoms with Crippen molar-refractivity contribution in [3.63, 3.8) is 0 Å². The van der Waals surface area contributed by atoms with E-state index < -0.39 is 0 Å². The van der Waals surface area contributed by atoms with E-state index >= 15 is 0 Å². The van der Waals surface area contributed by atoms with Crippen molar-refractivity contribution in [1.82, 2.24) is 25.1 Å². The van der Waals surface area contributed by atoms with Crippen LogP contribution in [-0.4, -0.2) is 64.5 Å². The molecule has 0 unspecified atom stereocenters. The predicted molar refractivity (Wildman–Crippen MR) is 93.5 cm³/mol. The van der Waals surface area contributed by atoms with Crippen LogP contribution in [0.2, 0.25) is 0 Å². The molecule has 0 aliphatic carbocycles. The summed E-state index contributed by atoms with van der Waals surface area (Å²) in [5.74, 6) is 2.31. The van der Waals surface area contributed by atoms with Gasteiger partial charge in [-0.1, -0.05) is 0 Å². The monoisotopic (exact) mass is 348 g/mol. The molecule has 1 atom stereocenters. The average molecular weight is 348 g/mol. The first-order valence-electron chi connectivity index (χ1n) is 8.66. The Bertz CT molecular complexity index is 665. The van der Waals surface area contributed by atoms with Gasteiger partial charge >= 0.3 is 0 Å². The summed E-state index contributed by atoms with van der Waals surface area (Å²) < 4.78 is 5.42. The molecule has 2 saturated heterocycles. The Kier molecular flexibility index (Phi) is 4.77. The Labute approximate surface area is 146 Å². The molecule has 2 fully saturated rings. The molecule has 1 N–H and O–H groups in total. The van der Waals surface area contributed by atoms with Crippen molar-refractivity contribution in [2.24, 2.45) is 0 Å². The maximum atomic E-state index is 5.42. The van der Waals surface area contributed by atoms with Crippen LogP contribution in [0.5, 0.6) is 0 Å². The van der Waals surface area contributed by atoms with Crippen molar-refractivity contribution in [2.45, 2.75) is 32.2 Å². The van der Waals surface area contributed by atoms with E-state index in [1.54, 1.807) is 0 Å². The lowest BCUT2D eigenvalue weighted by molar-refractivity contribution is 0.122. The summed E-state index contributed by atoms with van der Waals surface area (Å²) >= 11 is 1.81. The first kappa shape index (κ1) is 16.0. The number of piperidine rings is 1. The van der Waals surface area contributed by atoms with E-state index in [2.05, 4.69) is 30.0 Å². The normalized spacial score (nSPS) is 22.9. The van der Waals surface area contributed by atoms with Gasteiger partial charge < -0.3 is 9.64 Å². The van der Waals surface area contributed by atoms with Crippen molar-refractivity contribution in [1.29, 1.82) is 0 Å².